The first-order valence-corrected chi connectivity index (χ1v) is 8.13. The molecule has 0 bridgehead atoms. The van der Waals surface area contributed by atoms with E-state index in [1.54, 1.807) is 4.90 Å². The van der Waals surface area contributed by atoms with Gasteiger partial charge in [-0.2, -0.15) is 5.26 Å². The predicted molar refractivity (Wildman–Crippen MR) is 89.4 cm³/mol. The van der Waals surface area contributed by atoms with Crippen LogP contribution in [0.25, 0.3) is 0 Å². The van der Waals surface area contributed by atoms with Crippen molar-refractivity contribution in [3.05, 3.63) is 29.3 Å². The number of hydrogen-bond acceptors (Lipinski definition) is 4. The van der Waals surface area contributed by atoms with E-state index in [0.29, 0.717) is 25.9 Å². The zero-order valence-electron chi connectivity index (χ0n) is 14.2. The first-order valence-electron chi connectivity index (χ1n) is 8.13. The summed E-state index contributed by atoms with van der Waals surface area (Å²) in [7, 11) is 0. The summed E-state index contributed by atoms with van der Waals surface area (Å²) >= 11 is 0. The number of carbonyl (C=O) groups excluding carboxylic acids is 2. The number of likely N-dealkylation sites (tertiary alicyclic amines) is 1. The van der Waals surface area contributed by atoms with Crippen LogP contribution in [0.5, 0.6) is 5.75 Å². The van der Waals surface area contributed by atoms with Crippen LogP contribution in [-0.4, -0.2) is 42.5 Å². The first kappa shape index (κ1) is 17.8. The highest BCUT2D eigenvalue weighted by Crippen LogP contribution is 2.19. The Labute approximate surface area is 142 Å². The van der Waals surface area contributed by atoms with Crippen LogP contribution in [0.3, 0.4) is 0 Å². The van der Waals surface area contributed by atoms with E-state index in [1.165, 1.54) is 0 Å². The Hall–Kier alpha value is -2.55. The first-order chi connectivity index (χ1) is 11.5. The lowest BCUT2D eigenvalue weighted by atomic mass is 10.0. The smallest absolute Gasteiger partial charge is 0.260 e. The van der Waals surface area contributed by atoms with Gasteiger partial charge in [0.2, 0.25) is 5.91 Å². The van der Waals surface area contributed by atoms with Gasteiger partial charge in [0.15, 0.2) is 6.61 Å². The van der Waals surface area contributed by atoms with Gasteiger partial charge in [0.1, 0.15) is 12.2 Å². The second kappa shape index (κ2) is 8.34. The largest absolute Gasteiger partial charge is 0.484 e. The molecular formula is C18H23N3O3. The standard InChI is InChI=1S/C18H23N3O3/c1-13-3-4-16(14(2)11-13)24-12-18(23)21-9-6-15(7-10-21)20-17(22)5-8-19/h3-4,11,15H,5-7,9-10,12H2,1-2H3,(H,20,22). The number of aryl methyl sites for hydroxylation is 2. The third kappa shape index (κ3) is 4.98. The van der Waals surface area contributed by atoms with E-state index < -0.39 is 0 Å². The quantitative estimate of drug-likeness (QED) is 0.891. The van der Waals surface area contributed by atoms with Crippen molar-refractivity contribution in [1.29, 1.82) is 5.26 Å². The Bertz CT molecular complexity index is 643. The molecule has 0 unspecified atom stereocenters. The molecule has 0 aromatic heterocycles. The molecule has 1 heterocycles. The number of ether oxygens (including phenoxy) is 1. The van der Waals surface area contributed by atoms with E-state index in [1.807, 2.05) is 38.1 Å². The number of nitrogens with zero attached hydrogens (tertiary/aromatic N) is 2. The Morgan fingerprint density at radius 1 is 1.33 bits per heavy atom. The number of carbonyl (C=O) groups is 2. The molecule has 0 saturated carbocycles. The molecule has 24 heavy (non-hydrogen) atoms. The predicted octanol–water partition coefficient (Wildman–Crippen LogP) is 1.70. The molecule has 6 heteroatoms. The minimum Gasteiger partial charge on any atom is -0.484 e. The molecule has 1 aliphatic heterocycles. The molecule has 0 aliphatic carbocycles. The Kier molecular flexibility index (Phi) is 6.19. The molecule has 1 aromatic rings. The average molecular weight is 329 g/mol. The van der Waals surface area contributed by atoms with Gasteiger partial charge < -0.3 is 15.0 Å². The lowest BCUT2D eigenvalue weighted by Gasteiger charge is -2.32. The van der Waals surface area contributed by atoms with Crippen LogP contribution in [0.1, 0.15) is 30.4 Å². The zero-order valence-corrected chi connectivity index (χ0v) is 14.2. The van der Waals surface area contributed by atoms with Crippen molar-refractivity contribution in [2.24, 2.45) is 0 Å². The maximum atomic E-state index is 12.3. The van der Waals surface area contributed by atoms with Gasteiger partial charge in [0.25, 0.3) is 5.91 Å². The van der Waals surface area contributed by atoms with Gasteiger partial charge in [-0.3, -0.25) is 9.59 Å². The van der Waals surface area contributed by atoms with E-state index in [4.69, 9.17) is 10.00 Å². The summed E-state index contributed by atoms with van der Waals surface area (Å²) in [6, 6.07) is 7.74. The highest BCUT2D eigenvalue weighted by Gasteiger charge is 2.24. The van der Waals surface area contributed by atoms with Crippen LogP contribution in [0.2, 0.25) is 0 Å². The number of amides is 2. The normalized spacial score (nSPS) is 14.8. The van der Waals surface area contributed by atoms with E-state index in [-0.39, 0.29) is 30.9 Å². The van der Waals surface area contributed by atoms with Crippen molar-refractivity contribution >= 4 is 11.8 Å². The molecule has 0 spiro atoms. The van der Waals surface area contributed by atoms with Crippen molar-refractivity contribution in [3.8, 4) is 11.8 Å². The zero-order chi connectivity index (χ0) is 17.5. The van der Waals surface area contributed by atoms with Crippen LogP contribution in [0, 0.1) is 25.2 Å². The Balaban J connectivity index is 1.76. The summed E-state index contributed by atoms with van der Waals surface area (Å²) in [6.45, 7) is 5.18. The highest BCUT2D eigenvalue weighted by atomic mass is 16.5. The van der Waals surface area contributed by atoms with Crippen molar-refractivity contribution in [1.82, 2.24) is 10.2 Å². The fourth-order valence-corrected chi connectivity index (χ4v) is 2.82. The molecular weight excluding hydrogens is 306 g/mol. The number of piperidine rings is 1. The van der Waals surface area contributed by atoms with Crippen molar-refractivity contribution in [3.63, 3.8) is 0 Å². The van der Waals surface area contributed by atoms with Crippen LogP contribution < -0.4 is 10.1 Å². The highest BCUT2D eigenvalue weighted by molar-refractivity contribution is 5.79. The Morgan fingerprint density at radius 3 is 2.67 bits per heavy atom. The molecule has 0 radical (unpaired) electrons. The van der Waals surface area contributed by atoms with E-state index in [2.05, 4.69) is 5.32 Å². The third-order valence-electron chi connectivity index (χ3n) is 4.13. The molecule has 1 N–H and O–H groups in total. The summed E-state index contributed by atoms with van der Waals surface area (Å²) in [5.41, 5.74) is 2.17. The fraction of sp³-hybridized carbons (Fsp3) is 0.500. The summed E-state index contributed by atoms with van der Waals surface area (Å²) in [6.07, 6.45) is 1.28. The van der Waals surface area contributed by atoms with E-state index in [0.717, 1.165) is 16.9 Å². The van der Waals surface area contributed by atoms with E-state index >= 15 is 0 Å². The summed E-state index contributed by atoms with van der Waals surface area (Å²) in [5, 5.41) is 11.3. The van der Waals surface area contributed by atoms with Crippen LogP contribution in [0.15, 0.2) is 18.2 Å². The topological polar surface area (TPSA) is 82.4 Å². The van der Waals surface area contributed by atoms with Crippen molar-refractivity contribution < 1.29 is 14.3 Å². The van der Waals surface area contributed by atoms with Crippen LogP contribution in [0.4, 0.5) is 0 Å². The molecule has 2 amide bonds. The van der Waals surface area contributed by atoms with Crippen LogP contribution in [-0.2, 0) is 9.59 Å². The van der Waals surface area contributed by atoms with Crippen LogP contribution >= 0.6 is 0 Å². The third-order valence-corrected chi connectivity index (χ3v) is 4.13. The molecule has 1 aliphatic rings. The molecule has 1 aromatic carbocycles. The summed E-state index contributed by atoms with van der Waals surface area (Å²) in [5.74, 6) is 0.435. The minimum atomic E-state index is -0.250. The lowest BCUT2D eigenvalue weighted by molar-refractivity contribution is -0.134. The molecule has 128 valence electrons. The average Bonchev–Trinajstić information content (AvgIpc) is 2.54. The van der Waals surface area contributed by atoms with Gasteiger partial charge in [-0.05, 0) is 38.3 Å². The lowest BCUT2D eigenvalue weighted by Crippen LogP contribution is -2.47. The molecule has 6 nitrogen and oxygen atoms in total. The number of nitriles is 1. The van der Waals surface area contributed by atoms with Gasteiger partial charge >= 0.3 is 0 Å². The summed E-state index contributed by atoms with van der Waals surface area (Å²) < 4.78 is 5.63. The second-order valence-electron chi connectivity index (χ2n) is 6.12. The van der Waals surface area contributed by atoms with Crippen molar-refractivity contribution in [2.45, 2.75) is 39.2 Å². The SMILES string of the molecule is Cc1ccc(OCC(=O)N2CCC(NC(=O)CC#N)CC2)c(C)c1. The number of benzene rings is 1. The second-order valence-corrected chi connectivity index (χ2v) is 6.12. The van der Waals surface area contributed by atoms with Gasteiger partial charge in [0.05, 0.1) is 6.07 Å². The van der Waals surface area contributed by atoms with Gasteiger partial charge in [-0.15, -0.1) is 0 Å². The fourth-order valence-electron chi connectivity index (χ4n) is 2.82. The van der Waals surface area contributed by atoms with Gasteiger partial charge in [-0.25, -0.2) is 0 Å². The maximum absolute atomic E-state index is 12.3. The molecule has 0 atom stereocenters. The minimum absolute atomic E-state index is 0.0232. The Morgan fingerprint density at radius 2 is 2.04 bits per heavy atom. The number of rotatable bonds is 5. The number of hydrogen-bond donors (Lipinski definition) is 1. The monoisotopic (exact) mass is 329 g/mol. The molecule has 1 saturated heterocycles. The number of nitrogens with one attached hydrogen (secondary N) is 1. The van der Waals surface area contributed by atoms with Gasteiger partial charge in [0, 0.05) is 19.1 Å². The van der Waals surface area contributed by atoms with Gasteiger partial charge in [-0.1, -0.05) is 17.7 Å². The summed E-state index contributed by atoms with van der Waals surface area (Å²) in [4.78, 5) is 25.4. The molecule has 2 rings (SSSR count). The van der Waals surface area contributed by atoms with Crippen molar-refractivity contribution in [2.75, 3.05) is 19.7 Å². The maximum Gasteiger partial charge on any atom is 0.260 e. The molecule has 1 fully saturated rings. The van der Waals surface area contributed by atoms with E-state index in [9.17, 15) is 9.59 Å².